The van der Waals surface area contributed by atoms with Crippen LogP contribution in [-0.2, 0) is 6.42 Å². The summed E-state index contributed by atoms with van der Waals surface area (Å²) >= 11 is 0. The van der Waals surface area contributed by atoms with Crippen molar-refractivity contribution in [3.63, 3.8) is 0 Å². The molecule has 0 atom stereocenters. The molecule has 0 amide bonds. The number of allylic oxidation sites excluding steroid dienone is 4. The Kier molecular flexibility index (Phi) is 5.83. The van der Waals surface area contributed by atoms with Gasteiger partial charge in [0, 0.05) is 5.57 Å². The maximum Gasteiger partial charge on any atom is 0.222 e. The Morgan fingerprint density at radius 2 is 2.00 bits per heavy atom. The standard InChI is InChI=1S/C13H16FNO.C2H6/c1-3-12-9(2)16-13(15-12)10-5-4-6-11(14)8-7-10;1-2/h7-8H,3-6H2,1-2H3;1-2H3. The Bertz CT molecular complexity index is 443. The van der Waals surface area contributed by atoms with Gasteiger partial charge in [-0.3, -0.25) is 0 Å². The predicted molar refractivity (Wildman–Crippen MR) is 73.0 cm³/mol. The van der Waals surface area contributed by atoms with E-state index in [1.165, 1.54) is 6.08 Å². The molecule has 1 heterocycles. The summed E-state index contributed by atoms with van der Waals surface area (Å²) in [5, 5.41) is 0. The molecule has 0 aromatic carbocycles. The lowest BCUT2D eigenvalue weighted by molar-refractivity contribution is 0.507. The zero-order chi connectivity index (χ0) is 13.5. The third-order valence-electron chi connectivity index (χ3n) is 2.83. The molecule has 0 bridgehead atoms. The van der Waals surface area contributed by atoms with Crippen LogP contribution in [0.25, 0.3) is 5.57 Å². The highest BCUT2D eigenvalue weighted by Crippen LogP contribution is 2.27. The second-order valence-corrected chi connectivity index (χ2v) is 4.03. The molecule has 0 N–H and O–H groups in total. The van der Waals surface area contributed by atoms with Crippen molar-refractivity contribution >= 4 is 5.57 Å². The average Bonchev–Trinajstić information content (AvgIpc) is 2.62. The molecule has 0 unspecified atom stereocenters. The number of nitrogens with zero attached hydrogens (tertiary/aromatic N) is 1. The van der Waals surface area contributed by atoms with Crippen molar-refractivity contribution in [3.05, 3.63) is 35.3 Å². The molecule has 1 aromatic rings. The summed E-state index contributed by atoms with van der Waals surface area (Å²) in [7, 11) is 0. The van der Waals surface area contributed by atoms with Gasteiger partial charge in [0.2, 0.25) is 5.89 Å². The van der Waals surface area contributed by atoms with Gasteiger partial charge in [0.1, 0.15) is 5.76 Å². The minimum Gasteiger partial charge on any atom is -0.441 e. The first-order chi connectivity index (χ1) is 8.70. The van der Waals surface area contributed by atoms with E-state index in [2.05, 4.69) is 11.9 Å². The van der Waals surface area contributed by atoms with E-state index in [0.717, 1.165) is 36.3 Å². The van der Waals surface area contributed by atoms with Crippen LogP contribution in [0.5, 0.6) is 0 Å². The number of aromatic nitrogens is 1. The van der Waals surface area contributed by atoms with Crippen LogP contribution in [0.2, 0.25) is 0 Å². The first kappa shape index (κ1) is 14.7. The fraction of sp³-hybridized carbons (Fsp3) is 0.533. The minimum absolute atomic E-state index is 0.0611. The summed E-state index contributed by atoms with van der Waals surface area (Å²) in [6.07, 6.45) is 6.33. The molecule has 0 spiro atoms. The van der Waals surface area contributed by atoms with Crippen LogP contribution in [0.15, 0.2) is 22.4 Å². The molecule has 0 saturated carbocycles. The van der Waals surface area contributed by atoms with E-state index >= 15 is 0 Å². The monoisotopic (exact) mass is 251 g/mol. The van der Waals surface area contributed by atoms with Crippen molar-refractivity contribution in [1.82, 2.24) is 4.98 Å². The van der Waals surface area contributed by atoms with Gasteiger partial charge in [0.25, 0.3) is 0 Å². The summed E-state index contributed by atoms with van der Waals surface area (Å²) in [5.74, 6) is 1.46. The van der Waals surface area contributed by atoms with E-state index in [9.17, 15) is 4.39 Å². The Labute approximate surface area is 109 Å². The van der Waals surface area contributed by atoms with E-state index in [1.54, 1.807) is 6.08 Å². The number of aryl methyl sites for hydroxylation is 2. The highest BCUT2D eigenvalue weighted by Gasteiger charge is 2.13. The van der Waals surface area contributed by atoms with Crippen molar-refractivity contribution < 1.29 is 8.81 Å². The highest BCUT2D eigenvalue weighted by atomic mass is 19.1. The molecular formula is C15H22FNO. The molecule has 0 saturated heterocycles. The smallest absolute Gasteiger partial charge is 0.222 e. The SMILES string of the molecule is CC.CCc1nc(C2=CC=C(F)CCC2)oc1C. The molecule has 100 valence electrons. The Morgan fingerprint density at radius 3 is 2.61 bits per heavy atom. The van der Waals surface area contributed by atoms with Crippen LogP contribution in [0.3, 0.4) is 0 Å². The molecule has 0 fully saturated rings. The predicted octanol–water partition coefficient (Wildman–Crippen LogP) is 4.99. The summed E-state index contributed by atoms with van der Waals surface area (Å²) in [6.45, 7) is 7.97. The van der Waals surface area contributed by atoms with Gasteiger partial charge in [-0.05, 0) is 38.7 Å². The van der Waals surface area contributed by atoms with Gasteiger partial charge in [0.05, 0.1) is 11.5 Å². The molecular weight excluding hydrogens is 229 g/mol. The molecule has 2 nitrogen and oxygen atoms in total. The van der Waals surface area contributed by atoms with Gasteiger partial charge in [-0.25, -0.2) is 9.37 Å². The van der Waals surface area contributed by atoms with Crippen LogP contribution in [0.4, 0.5) is 4.39 Å². The van der Waals surface area contributed by atoms with Gasteiger partial charge in [-0.1, -0.05) is 26.8 Å². The Balaban J connectivity index is 0.000000771. The van der Waals surface area contributed by atoms with Crippen LogP contribution in [0.1, 0.15) is 57.4 Å². The van der Waals surface area contributed by atoms with E-state index in [1.807, 2.05) is 20.8 Å². The average molecular weight is 251 g/mol. The molecule has 2 rings (SSSR count). The number of hydrogen-bond acceptors (Lipinski definition) is 2. The lowest BCUT2D eigenvalue weighted by Crippen LogP contribution is -1.86. The molecule has 0 aliphatic heterocycles. The van der Waals surface area contributed by atoms with Crippen molar-refractivity contribution in [1.29, 1.82) is 0 Å². The zero-order valence-electron chi connectivity index (χ0n) is 11.7. The van der Waals surface area contributed by atoms with Gasteiger partial charge in [-0.15, -0.1) is 0 Å². The lowest BCUT2D eigenvalue weighted by Gasteiger charge is -1.98. The fourth-order valence-corrected chi connectivity index (χ4v) is 1.88. The number of rotatable bonds is 2. The molecule has 1 aliphatic rings. The first-order valence-electron chi connectivity index (χ1n) is 6.72. The maximum atomic E-state index is 13.0. The molecule has 0 radical (unpaired) electrons. The minimum atomic E-state index is -0.0611. The largest absolute Gasteiger partial charge is 0.441 e. The second-order valence-electron chi connectivity index (χ2n) is 4.03. The molecule has 18 heavy (non-hydrogen) atoms. The van der Waals surface area contributed by atoms with Crippen LogP contribution in [0, 0.1) is 6.92 Å². The van der Waals surface area contributed by atoms with Crippen LogP contribution >= 0.6 is 0 Å². The van der Waals surface area contributed by atoms with E-state index < -0.39 is 0 Å². The van der Waals surface area contributed by atoms with E-state index in [0.29, 0.717) is 12.3 Å². The highest BCUT2D eigenvalue weighted by molar-refractivity contribution is 5.61. The van der Waals surface area contributed by atoms with Crippen molar-refractivity contribution in [2.45, 2.75) is 53.4 Å². The van der Waals surface area contributed by atoms with Crippen molar-refractivity contribution in [2.24, 2.45) is 0 Å². The zero-order valence-corrected chi connectivity index (χ0v) is 11.7. The van der Waals surface area contributed by atoms with E-state index in [-0.39, 0.29) is 5.83 Å². The Hall–Kier alpha value is -1.38. The topological polar surface area (TPSA) is 26.0 Å². The second kappa shape index (κ2) is 7.14. The number of hydrogen-bond donors (Lipinski definition) is 0. The maximum absolute atomic E-state index is 13.0. The molecule has 3 heteroatoms. The van der Waals surface area contributed by atoms with Crippen molar-refractivity contribution in [2.75, 3.05) is 0 Å². The van der Waals surface area contributed by atoms with Gasteiger partial charge < -0.3 is 4.42 Å². The number of oxazole rings is 1. The third kappa shape index (κ3) is 3.56. The normalized spacial score (nSPS) is 15.2. The molecule has 1 aromatic heterocycles. The van der Waals surface area contributed by atoms with Crippen LogP contribution < -0.4 is 0 Å². The molecule has 1 aliphatic carbocycles. The van der Waals surface area contributed by atoms with E-state index in [4.69, 9.17) is 4.42 Å². The Morgan fingerprint density at radius 1 is 1.28 bits per heavy atom. The lowest BCUT2D eigenvalue weighted by atomic mass is 10.1. The summed E-state index contributed by atoms with van der Waals surface area (Å²) in [5.41, 5.74) is 1.99. The first-order valence-corrected chi connectivity index (χ1v) is 6.72. The quantitative estimate of drug-likeness (QED) is 0.739. The summed E-state index contributed by atoms with van der Waals surface area (Å²) < 4.78 is 18.7. The third-order valence-corrected chi connectivity index (χ3v) is 2.83. The number of halogens is 1. The van der Waals surface area contributed by atoms with Gasteiger partial charge >= 0.3 is 0 Å². The fourth-order valence-electron chi connectivity index (χ4n) is 1.88. The van der Waals surface area contributed by atoms with Crippen LogP contribution in [-0.4, -0.2) is 4.98 Å². The van der Waals surface area contributed by atoms with Gasteiger partial charge in [0.15, 0.2) is 0 Å². The summed E-state index contributed by atoms with van der Waals surface area (Å²) in [6, 6.07) is 0. The summed E-state index contributed by atoms with van der Waals surface area (Å²) in [4.78, 5) is 4.43. The van der Waals surface area contributed by atoms with Crippen molar-refractivity contribution in [3.8, 4) is 0 Å². The van der Waals surface area contributed by atoms with Gasteiger partial charge in [-0.2, -0.15) is 0 Å².